The Morgan fingerprint density at radius 2 is 1.47 bits per heavy atom. The Morgan fingerprint density at radius 1 is 0.812 bits per heavy atom. The maximum Gasteiger partial charge on any atom is 0.165 e. The second kappa shape index (κ2) is 11.1. The molecule has 32 heavy (non-hydrogen) atoms. The van der Waals surface area contributed by atoms with Gasteiger partial charge in [-0.05, 0) is 73.2 Å². The molecular weight excluding hydrogens is 406 g/mol. The van der Waals surface area contributed by atoms with Crippen molar-refractivity contribution in [2.45, 2.75) is 19.4 Å². The van der Waals surface area contributed by atoms with Crippen molar-refractivity contribution >= 4 is 11.5 Å². The van der Waals surface area contributed by atoms with Gasteiger partial charge in [-0.2, -0.15) is 0 Å². The molecule has 1 N–H and O–H groups in total. The summed E-state index contributed by atoms with van der Waals surface area (Å²) < 4.78 is 21.5. The van der Waals surface area contributed by atoms with Crippen molar-refractivity contribution in [1.29, 1.82) is 0 Å². The molecule has 0 amide bonds. The fraction of sp³-hybridized carbons (Fsp3) is 0.269. The molecule has 168 valence electrons. The van der Waals surface area contributed by atoms with E-state index < -0.39 is 0 Å². The van der Waals surface area contributed by atoms with Crippen molar-refractivity contribution in [3.05, 3.63) is 77.9 Å². The first-order valence-electron chi connectivity index (χ1n) is 10.5. The van der Waals surface area contributed by atoms with E-state index in [2.05, 4.69) is 5.32 Å². The van der Waals surface area contributed by atoms with Gasteiger partial charge < -0.3 is 24.3 Å². The number of carbonyl (C=O) groups excluding carboxylic acids is 1. The molecule has 0 saturated carbocycles. The van der Waals surface area contributed by atoms with E-state index in [4.69, 9.17) is 18.9 Å². The number of carbonyl (C=O) groups is 1. The lowest BCUT2D eigenvalue weighted by atomic mass is 9.97. The maximum atomic E-state index is 13.1. The highest BCUT2D eigenvalue weighted by molar-refractivity contribution is 5.96. The third-order valence-corrected chi connectivity index (χ3v) is 5.12. The van der Waals surface area contributed by atoms with Crippen molar-refractivity contribution in [3.8, 4) is 23.0 Å². The fourth-order valence-corrected chi connectivity index (χ4v) is 3.42. The summed E-state index contributed by atoms with van der Waals surface area (Å²) in [4.78, 5) is 13.1. The number of nitrogens with one attached hydrogen (secondary N) is 1. The van der Waals surface area contributed by atoms with E-state index in [-0.39, 0.29) is 18.2 Å². The van der Waals surface area contributed by atoms with Gasteiger partial charge in [0.1, 0.15) is 11.5 Å². The maximum absolute atomic E-state index is 13.1. The zero-order valence-corrected chi connectivity index (χ0v) is 18.9. The second-order valence-electron chi connectivity index (χ2n) is 7.12. The van der Waals surface area contributed by atoms with Crippen LogP contribution in [0.1, 0.15) is 35.3 Å². The van der Waals surface area contributed by atoms with E-state index in [9.17, 15) is 4.79 Å². The molecule has 1 unspecified atom stereocenters. The molecule has 3 aromatic rings. The largest absolute Gasteiger partial charge is 0.497 e. The van der Waals surface area contributed by atoms with Gasteiger partial charge in [-0.3, -0.25) is 4.79 Å². The molecule has 6 nitrogen and oxygen atoms in total. The van der Waals surface area contributed by atoms with Gasteiger partial charge in [-0.25, -0.2) is 0 Å². The highest BCUT2D eigenvalue weighted by atomic mass is 16.5. The molecule has 0 saturated heterocycles. The molecule has 0 bridgehead atoms. The number of ketones is 1. The van der Waals surface area contributed by atoms with E-state index >= 15 is 0 Å². The molecule has 0 aliphatic carbocycles. The number of ether oxygens (including phenoxy) is 4. The summed E-state index contributed by atoms with van der Waals surface area (Å²) in [5, 5.41) is 3.48. The predicted octanol–water partition coefficient (Wildman–Crippen LogP) is 5.54. The normalized spacial score (nSPS) is 11.4. The van der Waals surface area contributed by atoms with E-state index in [1.54, 1.807) is 45.6 Å². The molecule has 0 aliphatic heterocycles. The van der Waals surface area contributed by atoms with Crippen LogP contribution in [0, 0.1) is 0 Å². The Balaban J connectivity index is 1.88. The van der Waals surface area contributed by atoms with Crippen molar-refractivity contribution in [1.82, 2.24) is 0 Å². The Morgan fingerprint density at radius 3 is 2.06 bits per heavy atom. The third kappa shape index (κ3) is 5.72. The van der Waals surface area contributed by atoms with Crippen LogP contribution in [0.25, 0.3) is 0 Å². The van der Waals surface area contributed by atoms with Crippen molar-refractivity contribution in [3.63, 3.8) is 0 Å². The van der Waals surface area contributed by atoms with Crippen molar-refractivity contribution in [2.24, 2.45) is 0 Å². The number of hydrogen-bond donors (Lipinski definition) is 1. The minimum absolute atomic E-state index is 0.0193. The first-order chi connectivity index (χ1) is 15.6. The molecule has 0 spiro atoms. The van der Waals surface area contributed by atoms with Gasteiger partial charge in [0.05, 0.1) is 34.0 Å². The second-order valence-corrected chi connectivity index (χ2v) is 7.12. The van der Waals surface area contributed by atoms with Gasteiger partial charge in [-0.1, -0.05) is 6.07 Å². The van der Waals surface area contributed by atoms with Crippen molar-refractivity contribution in [2.75, 3.05) is 33.3 Å². The van der Waals surface area contributed by atoms with Crippen LogP contribution in [0.5, 0.6) is 23.0 Å². The zero-order valence-electron chi connectivity index (χ0n) is 18.9. The van der Waals surface area contributed by atoms with Gasteiger partial charge in [0.25, 0.3) is 0 Å². The van der Waals surface area contributed by atoms with Crippen LogP contribution in [0.2, 0.25) is 0 Å². The van der Waals surface area contributed by atoms with E-state index in [0.29, 0.717) is 29.4 Å². The lowest BCUT2D eigenvalue weighted by Crippen LogP contribution is -2.16. The van der Waals surface area contributed by atoms with E-state index in [1.165, 1.54) is 0 Å². The Kier molecular flexibility index (Phi) is 7.97. The quantitative estimate of drug-likeness (QED) is 0.399. The molecule has 0 heterocycles. The van der Waals surface area contributed by atoms with Crippen LogP contribution in [-0.2, 0) is 0 Å². The third-order valence-electron chi connectivity index (χ3n) is 5.12. The standard InChI is InChI=1S/C26H29NO5/c1-5-32-22-13-9-20(10-14-22)27-23(19-8-15-25(30-3)26(16-19)31-4)17-24(28)18-6-11-21(29-2)12-7-18/h6-16,23,27H,5,17H2,1-4H3. The van der Waals surface area contributed by atoms with Gasteiger partial charge >= 0.3 is 0 Å². The monoisotopic (exact) mass is 435 g/mol. The number of methoxy groups -OCH3 is 3. The van der Waals surface area contributed by atoms with Crippen LogP contribution in [0.4, 0.5) is 5.69 Å². The highest BCUT2D eigenvalue weighted by Crippen LogP contribution is 2.33. The smallest absolute Gasteiger partial charge is 0.165 e. The fourth-order valence-electron chi connectivity index (χ4n) is 3.42. The topological polar surface area (TPSA) is 66.0 Å². The number of Topliss-reactive ketones (excluding diaryl/α,β-unsaturated/α-hetero) is 1. The molecule has 6 heteroatoms. The van der Waals surface area contributed by atoms with Crippen LogP contribution < -0.4 is 24.3 Å². The molecule has 0 aliphatic rings. The van der Waals surface area contributed by atoms with Crippen LogP contribution >= 0.6 is 0 Å². The summed E-state index contributed by atoms with van der Waals surface area (Å²) in [6, 6.07) is 20.2. The average Bonchev–Trinajstić information content (AvgIpc) is 2.84. The Hall–Kier alpha value is -3.67. The van der Waals surface area contributed by atoms with Crippen LogP contribution in [0.15, 0.2) is 66.7 Å². The summed E-state index contributed by atoms with van der Waals surface area (Å²) in [5.74, 6) is 2.78. The van der Waals surface area contributed by atoms with Gasteiger partial charge in [-0.15, -0.1) is 0 Å². The summed E-state index contributed by atoms with van der Waals surface area (Å²) >= 11 is 0. The molecule has 0 aromatic heterocycles. The van der Waals surface area contributed by atoms with Gasteiger partial charge in [0.15, 0.2) is 17.3 Å². The summed E-state index contributed by atoms with van der Waals surface area (Å²) in [7, 11) is 4.80. The van der Waals surface area contributed by atoms with E-state index in [0.717, 1.165) is 17.0 Å². The summed E-state index contributed by atoms with van der Waals surface area (Å²) in [5.41, 5.74) is 2.43. The number of rotatable bonds is 11. The molecule has 0 radical (unpaired) electrons. The Bertz CT molecular complexity index is 1020. The lowest BCUT2D eigenvalue weighted by Gasteiger charge is -2.21. The number of hydrogen-bond acceptors (Lipinski definition) is 6. The minimum Gasteiger partial charge on any atom is -0.497 e. The number of benzene rings is 3. The molecule has 0 fully saturated rings. The first kappa shape index (κ1) is 23.0. The number of anilines is 1. The van der Waals surface area contributed by atoms with Gasteiger partial charge in [0, 0.05) is 17.7 Å². The molecule has 3 aromatic carbocycles. The molecule has 3 rings (SSSR count). The Labute approximate surface area is 189 Å². The van der Waals surface area contributed by atoms with Crippen LogP contribution in [-0.4, -0.2) is 33.7 Å². The van der Waals surface area contributed by atoms with Crippen molar-refractivity contribution < 1.29 is 23.7 Å². The minimum atomic E-state index is -0.276. The summed E-state index contributed by atoms with van der Waals surface area (Å²) in [6.45, 7) is 2.56. The average molecular weight is 436 g/mol. The summed E-state index contributed by atoms with van der Waals surface area (Å²) in [6.07, 6.45) is 0.259. The van der Waals surface area contributed by atoms with E-state index in [1.807, 2.05) is 49.4 Å². The SMILES string of the molecule is CCOc1ccc(NC(CC(=O)c2ccc(OC)cc2)c2ccc(OC)c(OC)c2)cc1. The van der Waals surface area contributed by atoms with Gasteiger partial charge in [0.2, 0.25) is 0 Å². The zero-order chi connectivity index (χ0) is 22.9. The molecule has 1 atom stereocenters. The predicted molar refractivity (Wildman–Crippen MR) is 125 cm³/mol. The lowest BCUT2D eigenvalue weighted by molar-refractivity contribution is 0.0976. The van der Waals surface area contributed by atoms with Crippen LogP contribution in [0.3, 0.4) is 0 Å². The molecular formula is C26H29NO5. The highest BCUT2D eigenvalue weighted by Gasteiger charge is 2.19. The first-order valence-corrected chi connectivity index (χ1v) is 10.5.